The average Bonchev–Trinajstić information content (AvgIpc) is 3.12. The second kappa shape index (κ2) is 6.96. The molecule has 0 spiro atoms. The number of hydrogen-bond acceptors (Lipinski definition) is 6. The van der Waals surface area contributed by atoms with Crippen molar-refractivity contribution in [3.05, 3.63) is 40.2 Å². The molecule has 0 saturated carbocycles. The summed E-state index contributed by atoms with van der Waals surface area (Å²) in [6, 6.07) is 5.70. The van der Waals surface area contributed by atoms with Gasteiger partial charge in [0.25, 0.3) is 5.91 Å². The molecule has 24 heavy (non-hydrogen) atoms. The Morgan fingerprint density at radius 3 is 2.71 bits per heavy atom. The summed E-state index contributed by atoms with van der Waals surface area (Å²) in [4.78, 5) is 28.2. The Labute approximate surface area is 144 Å². The number of nitrogens with zero attached hydrogens (tertiary/aromatic N) is 4. The van der Waals surface area contributed by atoms with E-state index in [1.807, 2.05) is 24.1 Å². The molecule has 0 aliphatic carbocycles. The smallest absolute Gasteiger partial charge is 0.263 e. The molecular formula is C16H19N5O2S. The maximum Gasteiger partial charge on any atom is 0.263 e. The van der Waals surface area contributed by atoms with E-state index in [-0.39, 0.29) is 5.91 Å². The van der Waals surface area contributed by atoms with Gasteiger partial charge >= 0.3 is 0 Å². The average molecular weight is 345 g/mol. The van der Waals surface area contributed by atoms with Gasteiger partial charge in [0.05, 0.1) is 10.4 Å². The number of carbonyl (C=O) groups excluding carboxylic acids is 2. The molecule has 0 radical (unpaired) electrons. The van der Waals surface area contributed by atoms with E-state index in [1.165, 1.54) is 11.3 Å². The second-order valence-corrected chi connectivity index (χ2v) is 6.69. The minimum Gasteiger partial charge on any atom is -0.366 e. The number of primary amides is 1. The number of hydrogen-bond donors (Lipinski definition) is 1. The van der Waals surface area contributed by atoms with Gasteiger partial charge in [-0.2, -0.15) is 5.10 Å². The zero-order valence-corrected chi connectivity index (χ0v) is 14.2. The largest absolute Gasteiger partial charge is 0.366 e. The van der Waals surface area contributed by atoms with Gasteiger partial charge in [0.2, 0.25) is 5.91 Å². The minimum absolute atomic E-state index is 0.0342. The number of thiophene rings is 1. The fourth-order valence-electron chi connectivity index (χ4n) is 2.86. The lowest BCUT2D eigenvalue weighted by Crippen LogP contribution is -2.45. The third kappa shape index (κ3) is 3.38. The van der Waals surface area contributed by atoms with E-state index in [0.29, 0.717) is 29.6 Å². The lowest BCUT2D eigenvalue weighted by Gasteiger charge is -2.36. The van der Waals surface area contributed by atoms with Crippen molar-refractivity contribution < 1.29 is 9.59 Å². The maximum atomic E-state index is 12.5. The first-order chi connectivity index (χ1) is 11.6. The molecule has 0 unspecified atom stereocenters. The van der Waals surface area contributed by atoms with Gasteiger partial charge in [-0.05, 0) is 31.0 Å². The van der Waals surface area contributed by atoms with Crippen LogP contribution in [-0.2, 0) is 0 Å². The Hall–Kier alpha value is -2.48. The Kier molecular flexibility index (Phi) is 4.75. The Balaban J connectivity index is 1.60. The minimum atomic E-state index is -0.505. The number of amides is 2. The van der Waals surface area contributed by atoms with E-state index >= 15 is 0 Å². The van der Waals surface area contributed by atoms with Crippen molar-refractivity contribution >= 4 is 29.0 Å². The number of rotatable bonds is 4. The highest BCUT2D eigenvalue weighted by atomic mass is 32.1. The highest BCUT2D eigenvalue weighted by Crippen LogP contribution is 2.23. The first-order valence-corrected chi connectivity index (χ1v) is 8.62. The lowest BCUT2D eigenvalue weighted by molar-refractivity contribution is 0.0718. The molecule has 0 aromatic carbocycles. The molecule has 2 aromatic rings. The second-order valence-electron chi connectivity index (χ2n) is 5.78. The Morgan fingerprint density at radius 1 is 1.38 bits per heavy atom. The molecule has 2 N–H and O–H groups in total. The van der Waals surface area contributed by atoms with Gasteiger partial charge < -0.3 is 15.5 Å². The predicted octanol–water partition coefficient (Wildman–Crippen LogP) is 1.38. The summed E-state index contributed by atoms with van der Waals surface area (Å²) in [5.41, 5.74) is 5.63. The zero-order chi connectivity index (χ0) is 17.1. The van der Waals surface area contributed by atoms with Crippen LogP contribution in [0.25, 0.3) is 0 Å². The van der Waals surface area contributed by atoms with Crippen molar-refractivity contribution in [3.63, 3.8) is 0 Å². The fourth-order valence-corrected chi connectivity index (χ4v) is 3.72. The van der Waals surface area contributed by atoms with Gasteiger partial charge in [-0.25, -0.2) is 0 Å². The molecule has 7 nitrogen and oxygen atoms in total. The highest BCUT2D eigenvalue weighted by molar-refractivity contribution is 7.12. The summed E-state index contributed by atoms with van der Waals surface area (Å²) < 4.78 is 0. The Morgan fingerprint density at radius 2 is 2.12 bits per heavy atom. The monoisotopic (exact) mass is 345 g/mol. The summed E-state index contributed by atoms with van der Waals surface area (Å²) in [6.07, 6.45) is 3.39. The van der Waals surface area contributed by atoms with E-state index < -0.39 is 5.91 Å². The first kappa shape index (κ1) is 16.4. The van der Waals surface area contributed by atoms with Crippen LogP contribution < -0.4 is 10.6 Å². The molecule has 3 rings (SSSR count). The van der Waals surface area contributed by atoms with Crippen LogP contribution in [0, 0.1) is 0 Å². The Bertz CT molecular complexity index is 725. The lowest BCUT2D eigenvalue weighted by atomic mass is 10.0. The van der Waals surface area contributed by atoms with Gasteiger partial charge in [0.15, 0.2) is 5.82 Å². The van der Waals surface area contributed by atoms with Crippen molar-refractivity contribution in [3.8, 4) is 0 Å². The van der Waals surface area contributed by atoms with Gasteiger partial charge in [0, 0.05) is 37.8 Å². The molecule has 1 saturated heterocycles. The van der Waals surface area contributed by atoms with Crippen LogP contribution in [0.5, 0.6) is 0 Å². The molecule has 2 amide bonds. The van der Waals surface area contributed by atoms with E-state index in [9.17, 15) is 9.59 Å². The molecule has 1 aliphatic rings. The van der Waals surface area contributed by atoms with Crippen LogP contribution in [0.4, 0.5) is 5.82 Å². The van der Waals surface area contributed by atoms with Gasteiger partial charge in [0.1, 0.15) is 0 Å². The molecule has 0 atom stereocenters. The standard InChI is InChI=1S/C16H19N5O2S/c1-20(14-3-2-6-18-19-14)12-4-7-21(8-5-12)16(23)13-9-11(10-24-13)15(17)22/h2-3,6,9-10,12H,4-5,7-8H2,1H3,(H2,17,22). The van der Waals surface area contributed by atoms with E-state index in [4.69, 9.17) is 5.73 Å². The molecule has 8 heteroatoms. The van der Waals surface area contributed by atoms with Crippen LogP contribution in [0.1, 0.15) is 32.9 Å². The molecule has 2 aromatic heterocycles. The summed E-state index contributed by atoms with van der Waals surface area (Å²) >= 11 is 1.26. The van der Waals surface area contributed by atoms with Crippen molar-refractivity contribution in [1.29, 1.82) is 0 Å². The van der Waals surface area contributed by atoms with Gasteiger partial charge in [-0.3, -0.25) is 9.59 Å². The number of likely N-dealkylation sites (tertiary alicyclic amines) is 1. The number of carbonyl (C=O) groups is 2. The number of piperidine rings is 1. The van der Waals surface area contributed by atoms with E-state index in [1.54, 1.807) is 17.6 Å². The maximum absolute atomic E-state index is 12.5. The number of aromatic nitrogens is 2. The SMILES string of the molecule is CN(c1cccnn1)C1CCN(C(=O)c2cc(C(N)=O)cs2)CC1. The molecular weight excluding hydrogens is 326 g/mol. The highest BCUT2D eigenvalue weighted by Gasteiger charge is 2.27. The van der Waals surface area contributed by atoms with Crippen LogP contribution in [-0.4, -0.2) is 53.1 Å². The van der Waals surface area contributed by atoms with Crippen LogP contribution in [0.15, 0.2) is 29.8 Å². The normalized spacial score (nSPS) is 15.3. The van der Waals surface area contributed by atoms with E-state index in [0.717, 1.165) is 18.7 Å². The molecule has 126 valence electrons. The van der Waals surface area contributed by atoms with Crippen molar-refractivity contribution in [2.45, 2.75) is 18.9 Å². The molecule has 1 aliphatic heterocycles. The third-order valence-electron chi connectivity index (χ3n) is 4.31. The van der Waals surface area contributed by atoms with Gasteiger partial charge in [-0.1, -0.05) is 0 Å². The summed E-state index contributed by atoms with van der Waals surface area (Å²) in [5, 5.41) is 9.66. The molecule has 3 heterocycles. The molecule has 0 bridgehead atoms. The van der Waals surface area contributed by atoms with Crippen molar-refractivity contribution in [2.24, 2.45) is 5.73 Å². The summed E-state index contributed by atoms with van der Waals surface area (Å²) in [7, 11) is 2.00. The summed E-state index contributed by atoms with van der Waals surface area (Å²) in [6.45, 7) is 1.36. The zero-order valence-electron chi connectivity index (χ0n) is 13.4. The van der Waals surface area contributed by atoms with Crippen LogP contribution >= 0.6 is 11.3 Å². The first-order valence-electron chi connectivity index (χ1n) is 7.74. The van der Waals surface area contributed by atoms with Crippen LogP contribution in [0.2, 0.25) is 0 Å². The van der Waals surface area contributed by atoms with Crippen LogP contribution in [0.3, 0.4) is 0 Å². The number of nitrogens with two attached hydrogens (primary N) is 1. The predicted molar refractivity (Wildman–Crippen MR) is 92.2 cm³/mol. The quantitative estimate of drug-likeness (QED) is 0.904. The van der Waals surface area contributed by atoms with Crippen molar-refractivity contribution in [1.82, 2.24) is 15.1 Å². The number of anilines is 1. The fraction of sp³-hybridized carbons (Fsp3) is 0.375. The topological polar surface area (TPSA) is 92.4 Å². The third-order valence-corrected chi connectivity index (χ3v) is 5.23. The van der Waals surface area contributed by atoms with Gasteiger partial charge in [-0.15, -0.1) is 16.4 Å². The van der Waals surface area contributed by atoms with Crippen molar-refractivity contribution in [2.75, 3.05) is 25.0 Å². The summed E-state index contributed by atoms with van der Waals surface area (Å²) in [5.74, 6) is 0.300. The molecule has 1 fully saturated rings. The van der Waals surface area contributed by atoms with E-state index in [2.05, 4.69) is 15.1 Å².